The number of benzene rings is 3. The standard InChI is InChI=1S/C38H42N2P2/c1-36(2,3)42(37(4,5)6)27-30-25-31(28-17-9-7-10-18-28)32(29-19-11-8-12-20-29)26-33(30)38(41,34-21-13-15-23-39-34)35-22-14-16-24-40-35/h7-26H,27,41H2,1-6H3. The Morgan fingerprint density at radius 3 is 1.40 bits per heavy atom. The Morgan fingerprint density at radius 2 is 1.00 bits per heavy atom. The number of hydrogen-bond acceptors (Lipinski definition) is 2. The first-order valence-electron chi connectivity index (χ1n) is 14.7. The molecule has 0 radical (unpaired) electrons. The second-order valence-corrected chi connectivity index (χ2v) is 17.7. The minimum Gasteiger partial charge on any atom is -0.260 e. The van der Waals surface area contributed by atoms with Gasteiger partial charge in [0, 0.05) is 12.4 Å². The van der Waals surface area contributed by atoms with Crippen molar-refractivity contribution in [3.05, 3.63) is 144 Å². The second kappa shape index (κ2) is 12.2. The SMILES string of the molecule is CC(C)(C)P(Cc1cc(-c2ccccc2)c(-c2ccccc2)cc1C(P)(c1ccccn1)c1ccccn1)C(C)(C)C. The number of aromatic nitrogens is 2. The Labute approximate surface area is 256 Å². The topological polar surface area (TPSA) is 25.8 Å². The second-order valence-electron chi connectivity index (χ2n) is 13.0. The van der Waals surface area contributed by atoms with Crippen LogP contribution < -0.4 is 0 Å². The van der Waals surface area contributed by atoms with E-state index in [-0.39, 0.29) is 10.3 Å². The molecule has 3 aromatic carbocycles. The molecule has 2 heterocycles. The van der Waals surface area contributed by atoms with Gasteiger partial charge in [-0.15, -0.1) is 9.24 Å². The molecule has 5 rings (SSSR count). The molecule has 0 bridgehead atoms. The van der Waals surface area contributed by atoms with Crippen molar-refractivity contribution in [1.29, 1.82) is 0 Å². The van der Waals surface area contributed by atoms with E-state index in [4.69, 9.17) is 9.97 Å². The molecule has 42 heavy (non-hydrogen) atoms. The average Bonchev–Trinajstić information content (AvgIpc) is 2.99. The highest BCUT2D eigenvalue weighted by Gasteiger charge is 2.40. The molecule has 0 aliphatic carbocycles. The Bertz CT molecular complexity index is 1550. The third-order valence-electron chi connectivity index (χ3n) is 7.92. The van der Waals surface area contributed by atoms with Gasteiger partial charge in [-0.2, -0.15) is 0 Å². The fourth-order valence-corrected chi connectivity index (χ4v) is 10.3. The van der Waals surface area contributed by atoms with E-state index in [1.165, 1.54) is 33.4 Å². The van der Waals surface area contributed by atoms with Crippen molar-refractivity contribution in [3.8, 4) is 22.3 Å². The molecule has 214 valence electrons. The molecule has 0 fully saturated rings. The minimum atomic E-state index is -0.632. The summed E-state index contributed by atoms with van der Waals surface area (Å²) in [6.07, 6.45) is 4.79. The number of nitrogens with zero attached hydrogens (tertiary/aromatic N) is 2. The lowest BCUT2D eigenvalue weighted by Crippen LogP contribution is -2.29. The van der Waals surface area contributed by atoms with E-state index in [1.54, 1.807) is 0 Å². The van der Waals surface area contributed by atoms with Crippen LogP contribution in [0.2, 0.25) is 0 Å². The number of rotatable bonds is 7. The predicted octanol–water partition coefficient (Wildman–Crippen LogP) is 10.6. The number of hydrogen-bond donors (Lipinski definition) is 0. The van der Waals surface area contributed by atoms with Gasteiger partial charge in [0.05, 0.1) is 16.5 Å². The van der Waals surface area contributed by atoms with Gasteiger partial charge >= 0.3 is 0 Å². The van der Waals surface area contributed by atoms with Crippen LogP contribution in [0.3, 0.4) is 0 Å². The Kier molecular flexibility index (Phi) is 8.80. The molecule has 0 N–H and O–H groups in total. The van der Waals surface area contributed by atoms with E-state index in [0.29, 0.717) is 0 Å². The van der Waals surface area contributed by atoms with E-state index in [1.807, 2.05) is 24.5 Å². The maximum absolute atomic E-state index is 4.95. The van der Waals surface area contributed by atoms with Crippen LogP contribution in [0, 0.1) is 0 Å². The first-order chi connectivity index (χ1) is 20.0. The average molecular weight is 589 g/mol. The van der Waals surface area contributed by atoms with Crippen LogP contribution in [0.25, 0.3) is 22.3 Å². The van der Waals surface area contributed by atoms with Gasteiger partial charge in [-0.25, -0.2) is 0 Å². The van der Waals surface area contributed by atoms with Crippen LogP contribution in [0.15, 0.2) is 122 Å². The normalized spacial score (nSPS) is 12.5. The monoisotopic (exact) mass is 588 g/mol. The third-order valence-corrected chi connectivity index (χ3v) is 12.7. The van der Waals surface area contributed by atoms with E-state index >= 15 is 0 Å². The molecule has 0 spiro atoms. The molecule has 1 unspecified atom stereocenters. The van der Waals surface area contributed by atoms with Gasteiger partial charge in [0.1, 0.15) is 0 Å². The van der Waals surface area contributed by atoms with Crippen molar-refractivity contribution < 1.29 is 0 Å². The van der Waals surface area contributed by atoms with Crippen molar-refractivity contribution in [2.75, 3.05) is 0 Å². The first-order valence-corrected chi connectivity index (χ1v) is 16.8. The molecule has 0 saturated heterocycles. The van der Waals surface area contributed by atoms with Crippen molar-refractivity contribution in [1.82, 2.24) is 9.97 Å². The zero-order valence-electron chi connectivity index (χ0n) is 25.7. The lowest BCUT2D eigenvalue weighted by molar-refractivity contribution is 0.701. The van der Waals surface area contributed by atoms with E-state index in [9.17, 15) is 0 Å². The highest BCUT2D eigenvalue weighted by Crippen LogP contribution is 2.62. The van der Waals surface area contributed by atoms with Crippen molar-refractivity contribution >= 4 is 17.2 Å². The Morgan fingerprint density at radius 1 is 0.571 bits per heavy atom. The predicted molar refractivity (Wildman–Crippen MR) is 186 cm³/mol. The molecule has 5 aromatic rings. The van der Waals surface area contributed by atoms with Gasteiger partial charge in [0.2, 0.25) is 0 Å². The summed E-state index contributed by atoms with van der Waals surface area (Å²) in [5.74, 6) is 0. The maximum atomic E-state index is 4.95. The molecular weight excluding hydrogens is 546 g/mol. The lowest BCUT2D eigenvalue weighted by atomic mass is 9.82. The fourth-order valence-electron chi connectivity index (χ4n) is 6.11. The molecular formula is C38H42N2P2. The molecule has 0 saturated carbocycles. The van der Waals surface area contributed by atoms with Crippen LogP contribution in [-0.2, 0) is 11.3 Å². The van der Waals surface area contributed by atoms with Crippen molar-refractivity contribution in [2.24, 2.45) is 0 Å². The smallest absolute Gasteiger partial charge is 0.0936 e. The molecule has 4 heteroatoms. The number of pyridine rings is 2. The summed E-state index contributed by atoms with van der Waals surface area (Å²) in [6, 6.07) is 38.9. The van der Waals surface area contributed by atoms with Gasteiger partial charge in [-0.1, -0.05) is 122 Å². The van der Waals surface area contributed by atoms with Crippen LogP contribution >= 0.6 is 17.2 Å². The molecule has 2 aromatic heterocycles. The van der Waals surface area contributed by atoms with Crippen molar-refractivity contribution in [3.63, 3.8) is 0 Å². The zero-order valence-corrected chi connectivity index (χ0v) is 27.7. The highest BCUT2D eigenvalue weighted by molar-refractivity contribution is 7.60. The molecule has 0 aliphatic rings. The largest absolute Gasteiger partial charge is 0.260 e. The third kappa shape index (κ3) is 6.27. The molecule has 2 nitrogen and oxygen atoms in total. The molecule has 0 amide bonds. The van der Waals surface area contributed by atoms with E-state index in [2.05, 4.69) is 148 Å². The summed E-state index contributed by atoms with van der Waals surface area (Å²) in [6.45, 7) is 14.4. The summed E-state index contributed by atoms with van der Waals surface area (Å²) in [7, 11) is 2.79. The summed E-state index contributed by atoms with van der Waals surface area (Å²) in [5, 5.41) is -0.280. The van der Waals surface area contributed by atoms with Gasteiger partial charge < -0.3 is 0 Å². The maximum Gasteiger partial charge on any atom is 0.0936 e. The summed E-state index contributed by atoms with van der Waals surface area (Å²) >= 11 is 0. The van der Waals surface area contributed by atoms with Crippen LogP contribution in [0.5, 0.6) is 0 Å². The lowest BCUT2D eigenvalue weighted by Gasteiger charge is -2.43. The first kappa shape index (κ1) is 30.3. The quantitative estimate of drug-likeness (QED) is 0.177. The summed E-state index contributed by atoms with van der Waals surface area (Å²) in [5.41, 5.74) is 9.44. The van der Waals surface area contributed by atoms with Crippen LogP contribution in [-0.4, -0.2) is 20.3 Å². The van der Waals surface area contributed by atoms with Gasteiger partial charge in [-0.05, 0) is 86.3 Å². The highest BCUT2D eigenvalue weighted by atomic mass is 31.1. The van der Waals surface area contributed by atoms with E-state index < -0.39 is 13.1 Å². The molecule has 0 aliphatic heterocycles. The Balaban J connectivity index is 1.89. The van der Waals surface area contributed by atoms with E-state index in [0.717, 1.165) is 17.5 Å². The van der Waals surface area contributed by atoms with Crippen LogP contribution in [0.1, 0.15) is 64.1 Å². The summed E-state index contributed by atoms with van der Waals surface area (Å²) < 4.78 is 0. The Hall–Kier alpha value is -3.18. The van der Waals surface area contributed by atoms with Gasteiger partial charge in [-0.3, -0.25) is 9.97 Å². The zero-order chi connectivity index (χ0) is 30.0. The molecule has 1 atom stereocenters. The fraction of sp³-hybridized carbons (Fsp3) is 0.263. The summed E-state index contributed by atoms with van der Waals surface area (Å²) in [4.78, 5) is 9.90. The minimum absolute atomic E-state index is 0.176. The van der Waals surface area contributed by atoms with Gasteiger partial charge in [0.15, 0.2) is 0 Å². The van der Waals surface area contributed by atoms with Crippen LogP contribution in [0.4, 0.5) is 0 Å². The van der Waals surface area contributed by atoms with Gasteiger partial charge in [0.25, 0.3) is 0 Å². The van der Waals surface area contributed by atoms with Crippen molar-refractivity contribution in [2.45, 2.75) is 63.2 Å².